The zero-order valence-electron chi connectivity index (χ0n) is 13.8. The maximum absolute atomic E-state index is 13.7. The highest BCUT2D eigenvalue weighted by Crippen LogP contribution is 2.21. The minimum Gasteiger partial charge on any atom is -0.305 e. The van der Waals surface area contributed by atoms with Gasteiger partial charge in [-0.3, -0.25) is 19.6 Å². The van der Waals surface area contributed by atoms with Crippen molar-refractivity contribution in [1.82, 2.24) is 9.78 Å². The first kappa shape index (κ1) is 19.0. The second-order valence-corrected chi connectivity index (χ2v) is 5.61. The number of aromatic nitrogens is 2. The molecular weight excluding hydrogens is 384 g/mol. The number of hydrogen-bond donors (Lipinski definition) is 1. The van der Waals surface area contributed by atoms with Gasteiger partial charge in [-0.1, -0.05) is 6.07 Å². The molecule has 11 heteroatoms. The second-order valence-electron chi connectivity index (χ2n) is 5.61. The van der Waals surface area contributed by atoms with Crippen molar-refractivity contribution in [1.29, 1.82) is 0 Å². The fraction of sp³-hybridized carbons (Fsp3) is 0.0588. The van der Waals surface area contributed by atoms with Gasteiger partial charge < -0.3 is 5.32 Å². The molecule has 0 spiro atoms. The molecule has 0 atom stereocenters. The molecule has 3 rings (SSSR count). The summed E-state index contributed by atoms with van der Waals surface area (Å²) in [6.45, 7) is -0.626. The Morgan fingerprint density at radius 3 is 2.43 bits per heavy atom. The average Bonchev–Trinajstić information content (AvgIpc) is 3.10. The van der Waals surface area contributed by atoms with E-state index in [9.17, 15) is 32.5 Å². The predicted molar refractivity (Wildman–Crippen MR) is 88.7 cm³/mol. The minimum atomic E-state index is -1.54. The zero-order valence-corrected chi connectivity index (χ0v) is 13.8. The SMILES string of the molecule is O=C(Nc1ccn(Cc2c(F)c(F)cc(F)c2F)n1)c1cccc([N+](=O)[O-])c1. The topological polar surface area (TPSA) is 90.1 Å². The molecule has 1 aromatic heterocycles. The smallest absolute Gasteiger partial charge is 0.270 e. The molecule has 7 nitrogen and oxygen atoms in total. The third-order valence-corrected chi connectivity index (χ3v) is 3.72. The van der Waals surface area contributed by atoms with Gasteiger partial charge in [0.2, 0.25) is 0 Å². The van der Waals surface area contributed by atoms with Crippen molar-refractivity contribution in [3.8, 4) is 0 Å². The van der Waals surface area contributed by atoms with E-state index in [1.807, 2.05) is 0 Å². The Balaban J connectivity index is 1.78. The Hall–Kier alpha value is -3.76. The summed E-state index contributed by atoms with van der Waals surface area (Å²) in [5.74, 6) is -6.91. The van der Waals surface area contributed by atoms with Gasteiger partial charge in [0.05, 0.1) is 17.0 Å². The summed E-state index contributed by atoms with van der Waals surface area (Å²) in [6.07, 6.45) is 1.23. The van der Waals surface area contributed by atoms with Crippen LogP contribution in [0.5, 0.6) is 0 Å². The van der Waals surface area contributed by atoms with Gasteiger partial charge in [-0.25, -0.2) is 17.6 Å². The van der Waals surface area contributed by atoms with E-state index in [0.717, 1.165) is 10.7 Å². The number of nitro groups is 1. The number of hydrogen-bond acceptors (Lipinski definition) is 4. The molecule has 1 heterocycles. The van der Waals surface area contributed by atoms with Crippen molar-refractivity contribution >= 4 is 17.4 Å². The maximum Gasteiger partial charge on any atom is 0.270 e. The van der Waals surface area contributed by atoms with Gasteiger partial charge in [-0.15, -0.1) is 0 Å². The molecular formula is C17H10F4N4O3. The maximum atomic E-state index is 13.7. The molecule has 0 aliphatic carbocycles. The van der Waals surface area contributed by atoms with Crippen molar-refractivity contribution in [3.05, 3.63) is 87.1 Å². The number of carbonyl (C=O) groups excluding carboxylic acids is 1. The number of non-ortho nitro benzene ring substituents is 1. The van der Waals surface area contributed by atoms with Crippen LogP contribution in [0.25, 0.3) is 0 Å². The van der Waals surface area contributed by atoms with Gasteiger partial charge in [0.15, 0.2) is 29.1 Å². The number of nitro benzene ring substituents is 1. The molecule has 1 N–H and O–H groups in total. The molecule has 0 saturated heterocycles. The molecule has 2 aromatic carbocycles. The van der Waals surface area contributed by atoms with E-state index in [0.29, 0.717) is 0 Å². The van der Waals surface area contributed by atoms with Crippen molar-refractivity contribution in [2.24, 2.45) is 0 Å². The van der Waals surface area contributed by atoms with Gasteiger partial charge in [0, 0.05) is 36.0 Å². The van der Waals surface area contributed by atoms with Crippen LogP contribution in [0.3, 0.4) is 0 Å². The number of carbonyl (C=O) groups is 1. The number of amides is 1. The third kappa shape index (κ3) is 3.82. The Labute approximate surface area is 154 Å². The van der Waals surface area contributed by atoms with Crippen LogP contribution >= 0.6 is 0 Å². The molecule has 0 radical (unpaired) electrons. The minimum absolute atomic E-state index is 0.00644. The standard InChI is InChI=1S/C17H10F4N4O3/c18-12-7-13(19)16(21)11(15(12)20)8-24-5-4-14(23-24)22-17(26)9-2-1-3-10(6-9)25(27)28/h1-7H,8H2,(H,22,23,26). The van der Waals surface area contributed by atoms with Crippen LogP contribution in [0.1, 0.15) is 15.9 Å². The number of nitrogens with zero attached hydrogens (tertiary/aromatic N) is 3. The number of rotatable bonds is 5. The lowest BCUT2D eigenvalue weighted by atomic mass is 10.2. The fourth-order valence-electron chi connectivity index (χ4n) is 2.39. The van der Waals surface area contributed by atoms with Gasteiger partial charge in [-0.2, -0.15) is 5.10 Å². The average molecular weight is 394 g/mol. The second kappa shape index (κ2) is 7.47. The van der Waals surface area contributed by atoms with Crippen molar-refractivity contribution in [2.45, 2.75) is 6.54 Å². The Morgan fingerprint density at radius 2 is 1.79 bits per heavy atom. The summed E-state index contributed by atoms with van der Waals surface area (Å²) >= 11 is 0. The summed E-state index contributed by atoms with van der Waals surface area (Å²) in [6, 6.07) is 6.33. The Bertz CT molecular complexity index is 1060. The van der Waals surface area contributed by atoms with Crippen LogP contribution in [-0.2, 0) is 6.54 Å². The highest BCUT2D eigenvalue weighted by Gasteiger charge is 2.20. The van der Waals surface area contributed by atoms with E-state index in [2.05, 4.69) is 10.4 Å². The van der Waals surface area contributed by atoms with E-state index in [1.54, 1.807) is 0 Å². The molecule has 0 bridgehead atoms. The fourth-order valence-corrected chi connectivity index (χ4v) is 2.39. The number of anilines is 1. The van der Waals surface area contributed by atoms with Crippen molar-refractivity contribution in [2.75, 3.05) is 5.32 Å². The van der Waals surface area contributed by atoms with E-state index < -0.39 is 46.2 Å². The van der Waals surface area contributed by atoms with E-state index in [-0.39, 0.29) is 23.1 Å². The lowest BCUT2D eigenvalue weighted by molar-refractivity contribution is -0.384. The molecule has 3 aromatic rings. The molecule has 144 valence electrons. The molecule has 0 unspecified atom stereocenters. The summed E-state index contributed by atoms with van der Waals surface area (Å²) in [4.78, 5) is 22.2. The van der Waals surface area contributed by atoms with Crippen molar-refractivity contribution < 1.29 is 27.3 Å². The first-order valence-corrected chi connectivity index (χ1v) is 7.67. The molecule has 1 amide bonds. The van der Waals surface area contributed by atoms with Crippen LogP contribution in [0.2, 0.25) is 0 Å². The molecule has 0 fully saturated rings. The normalized spacial score (nSPS) is 10.7. The lowest BCUT2D eigenvalue weighted by Gasteiger charge is -2.07. The monoisotopic (exact) mass is 394 g/mol. The Morgan fingerprint density at radius 1 is 1.11 bits per heavy atom. The largest absolute Gasteiger partial charge is 0.305 e. The van der Waals surface area contributed by atoms with E-state index >= 15 is 0 Å². The summed E-state index contributed by atoms with van der Waals surface area (Å²) < 4.78 is 54.9. The summed E-state index contributed by atoms with van der Waals surface area (Å²) in [7, 11) is 0. The highest BCUT2D eigenvalue weighted by atomic mass is 19.2. The summed E-state index contributed by atoms with van der Waals surface area (Å²) in [5.41, 5.74) is -1.15. The van der Waals surface area contributed by atoms with Gasteiger partial charge in [-0.05, 0) is 6.07 Å². The highest BCUT2D eigenvalue weighted by molar-refractivity contribution is 6.04. The quantitative estimate of drug-likeness (QED) is 0.310. The van der Waals surface area contributed by atoms with Gasteiger partial charge in [0.25, 0.3) is 11.6 Å². The third-order valence-electron chi connectivity index (χ3n) is 3.72. The molecule has 28 heavy (non-hydrogen) atoms. The van der Waals surface area contributed by atoms with Crippen LogP contribution < -0.4 is 5.32 Å². The first-order chi connectivity index (χ1) is 13.3. The van der Waals surface area contributed by atoms with Crippen LogP contribution in [0, 0.1) is 33.4 Å². The van der Waals surface area contributed by atoms with Gasteiger partial charge in [0.1, 0.15) is 0 Å². The number of halogens is 4. The lowest BCUT2D eigenvalue weighted by Crippen LogP contribution is -2.13. The van der Waals surface area contributed by atoms with Crippen LogP contribution in [-0.4, -0.2) is 20.6 Å². The molecule has 0 aliphatic rings. The first-order valence-electron chi connectivity index (χ1n) is 7.67. The number of nitrogens with one attached hydrogen (secondary N) is 1. The zero-order chi connectivity index (χ0) is 20.4. The van der Waals surface area contributed by atoms with E-state index in [1.165, 1.54) is 30.5 Å². The number of benzene rings is 2. The predicted octanol–water partition coefficient (Wildman–Crippen LogP) is 3.65. The van der Waals surface area contributed by atoms with E-state index in [4.69, 9.17) is 0 Å². The Kier molecular flexibility index (Phi) is 5.07. The van der Waals surface area contributed by atoms with Crippen molar-refractivity contribution in [3.63, 3.8) is 0 Å². The summed E-state index contributed by atoms with van der Waals surface area (Å²) in [5, 5.41) is 17.0. The molecule has 0 aliphatic heterocycles. The molecule has 0 saturated carbocycles. The van der Waals surface area contributed by atoms with Crippen LogP contribution in [0.4, 0.5) is 29.1 Å². The van der Waals surface area contributed by atoms with Gasteiger partial charge >= 0.3 is 0 Å². The van der Waals surface area contributed by atoms with Crippen LogP contribution in [0.15, 0.2) is 42.6 Å².